The molecule has 0 N–H and O–H groups in total. The van der Waals surface area contributed by atoms with Gasteiger partial charge < -0.3 is 14.2 Å². The van der Waals surface area contributed by atoms with Gasteiger partial charge in [-0.1, -0.05) is 419 Å². The van der Waals surface area contributed by atoms with Crippen molar-refractivity contribution in [1.82, 2.24) is 0 Å². The van der Waals surface area contributed by atoms with Crippen molar-refractivity contribution in [3.8, 4) is 0 Å². The summed E-state index contributed by atoms with van der Waals surface area (Å²) in [5, 5.41) is 0. The van der Waals surface area contributed by atoms with Crippen molar-refractivity contribution in [1.29, 1.82) is 0 Å². The van der Waals surface area contributed by atoms with Crippen LogP contribution in [0.5, 0.6) is 0 Å². The Bertz CT molecular complexity index is 1250. The molecule has 0 bridgehead atoms. The smallest absolute Gasteiger partial charge is 0.306 e. The molecule has 494 valence electrons. The molecule has 0 fully saturated rings. The van der Waals surface area contributed by atoms with Gasteiger partial charge in [0.15, 0.2) is 6.10 Å². The molecule has 0 heterocycles. The van der Waals surface area contributed by atoms with E-state index in [9.17, 15) is 14.4 Å². The molecule has 0 saturated carbocycles. The molecule has 0 aromatic heterocycles. The normalized spacial score (nSPS) is 11.9. The first-order valence-corrected chi connectivity index (χ1v) is 38.5. The van der Waals surface area contributed by atoms with Crippen LogP contribution in [0.2, 0.25) is 0 Å². The van der Waals surface area contributed by atoms with E-state index in [1.807, 2.05) is 0 Å². The lowest BCUT2D eigenvalue weighted by Gasteiger charge is -2.18. The van der Waals surface area contributed by atoms with E-state index in [0.29, 0.717) is 19.3 Å². The van der Waals surface area contributed by atoms with Crippen LogP contribution in [0.1, 0.15) is 457 Å². The van der Waals surface area contributed by atoms with E-state index in [0.717, 1.165) is 57.8 Å². The summed E-state index contributed by atoms with van der Waals surface area (Å²) in [5.41, 5.74) is 0. The van der Waals surface area contributed by atoms with Gasteiger partial charge in [-0.2, -0.15) is 0 Å². The zero-order valence-electron chi connectivity index (χ0n) is 57.0. The summed E-state index contributed by atoms with van der Waals surface area (Å²) in [7, 11) is 0. The molecular formula is C77H150O6. The van der Waals surface area contributed by atoms with Gasteiger partial charge in [0.25, 0.3) is 0 Å². The summed E-state index contributed by atoms with van der Waals surface area (Å²) in [6.07, 6.45) is 87.5. The third kappa shape index (κ3) is 71.1. The molecule has 0 saturated heterocycles. The Labute approximate surface area is 520 Å². The molecule has 0 aliphatic heterocycles. The molecule has 0 aliphatic carbocycles. The van der Waals surface area contributed by atoms with Crippen LogP contribution in [0.3, 0.4) is 0 Å². The summed E-state index contributed by atoms with van der Waals surface area (Å²) in [5.74, 6) is -0.819. The molecule has 0 rings (SSSR count). The van der Waals surface area contributed by atoms with Crippen molar-refractivity contribution in [3.63, 3.8) is 0 Å². The largest absolute Gasteiger partial charge is 0.462 e. The Morgan fingerprint density at radius 3 is 0.482 bits per heavy atom. The van der Waals surface area contributed by atoms with E-state index in [1.54, 1.807) is 0 Å². The van der Waals surface area contributed by atoms with E-state index >= 15 is 0 Å². The average Bonchev–Trinajstić information content (AvgIpc) is 3.49. The zero-order valence-corrected chi connectivity index (χ0v) is 57.0. The van der Waals surface area contributed by atoms with Gasteiger partial charge in [0, 0.05) is 19.3 Å². The first-order chi connectivity index (χ1) is 41.0. The summed E-state index contributed by atoms with van der Waals surface area (Å²) >= 11 is 0. The van der Waals surface area contributed by atoms with Gasteiger partial charge in [0.1, 0.15) is 13.2 Å². The molecule has 6 heteroatoms. The Morgan fingerprint density at radius 2 is 0.325 bits per heavy atom. The van der Waals surface area contributed by atoms with E-state index in [1.165, 1.54) is 360 Å². The minimum atomic E-state index is -0.763. The predicted molar refractivity (Wildman–Crippen MR) is 363 cm³/mol. The summed E-state index contributed by atoms with van der Waals surface area (Å²) < 4.78 is 17.0. The van der Waals surface area contributed by atoms with E-state index < -0.39 is 6.10 Å². The molecule has 0 aromatic carbocycles. The lowest BCUT2D eigenvalue weighted by molar-refractivity contribution is -0.167. The van der Waals surface area contributed by atoms with Crippen LogP contribution < -0.4 is 0 Å². The maximum Gasteiger partial charge on any atom is 0.306 e. The van der Waals surface area contributed by atoms with Crippen LogP contribution in [-0.2, 0) is 28.6 Å². The molecule has 0 amide bonds. The van der Waals surface area contributed by atoms with Crippen LogP contribution in [0.4, 0.5) is 0 Å². The van der Waals surface area contributed by atoms with E-state index in [4.69, 9.17) is 14.2 Å². The minimum Gasteiger partial charge on any atom is -0.462 e. The van der Waals surface area contributed by atoms with Crippen LogP contribution >= 0.6 is 0 Å². The fourth-order valence-electron chi connectivity index (χ4n) is 12.3. The molecule has 0 aromatic rings. The summed E-state index contributed by atoms with van der Waals surface area (Å²) in [4.78, 5) is 38.4. The third-order valence-electron chi connectivity index (χ3n) is 18.1. The lowest BCUT2D eigenvalue weighted by atomic mass is 10.0. The highest BCUT2D eigenvalue weighted by atomic mass is 16.6. The number of esters is 3. The van der Waals surface area contributed by atoms with Crippen molar-refractivity contribution in [2.24, 2.45) is 0 Å². The monoisotopic (exact) mass is 1170 g/mol. The number of carbonyl (C=O) groups is 3. The van der Waals surface area contributed by atoms with Crippen LogP contribution in [0.25, 0.3) is 0 Å². The molecule has 1 unspecified atom stereocenters. The van der Waals surface area contributed by atoms with Gasteiger partial charge in [0.2, 0.25) is 0 Å². The predicted octanol–water partition coefficient (Wildman–Crippen LogP) is 26.6. The van der Waals surface area contributed by atoms with Crippen molar-refractivity contribution < 1.29 is 28.6 Å². The second-order valence-electron chi connectivity index (χ2n) is 26.6. The molecule has 6 nitrogen and oxygen atoms in total. The van der Waals surface area contributed by atoms with E-state index in [2.05, 4.69) is 20.8 Å². The second kappa shape index (κ2) is 72.9. The fraction of sp³-hybridized carbons (Fsp3) is 0.961. The Hall–Kier alpha value is -1.59. The van der Waals surface area contributed by atoms with Gasteiger partial charge >= 0.3 is 17.9 Å². The van der Waals surface area contributed by atoms with Gasteiger partial charge in [-0.05, 0) is 19.3 Å². The standard InChI is InChI=1S/C77H150O6/c1-4-7-10-13-16-19-22-25-28-30-31-32-33-34-35-36-37-38-39-40-41-42-43-44-45-46-47-48-50-52-55-58-61-64-67-70-76(79)82-73-74(72-81-75(78)69-66-63-60-57-54-51-27-24-21-18-15-12-9-6-3)83-77(80)71-68-65-62-59-56-53-49-29-26-23-20-17-14-11-8-5-2/h74H,4-73H2,1-3H3. The SMILES string of the molecule is CCCCCCCCCCCCCCCCCCCCCCCCCCCCCCCCCCCCCC(=O)OCC(COC(=O)CCCCCCCCCCCCCCCC)OC(=O)CCCCCCCCCCCCCCCCCC. The maximum absolute atomic E-state index is 12.9. The quantitative estimate of drug-likeness (QED) is 0.0343. The maximum atomic E-state index is 12.9. The first-order valence-electron chi connectivity index (χ1n) is 38.5. The first kappa shape index (κ1) is 81.4. The molecule has 83 heavy (non-hydrogen) atoms. The number of hydrogen-bond acceptors (Lipinski definition) is 6. The van der Waals surface area contributed by atoms with Crippen LogP contribution in [-0.4, -0.2) is 37.2 Å². The number of carbonyl (C=O) groups excluding carboxylic acids is 3. The molecule has 0 spiro atoms. The van der Waals surface area contributed by atoms with Gasteiger partial charge in [0.05, 0.1) is 0 Å². The van der Waals surface area contributed by atoms with Gasteiger partial charge in [-0.25, -0.2) is 0 Å². The second-order valence-corrected chi connectivity index (χ2v) is 26.6. The highest BCUT2D eigenvalue weighted by Crippen LogP contribution is 2.20. The van der Waals surface area contributed by atoms with Crippen LogP contribution in [0, 0.1) is 0 Å². The van der Waals surface area contributed by atoms with Gasteiger partial charge in [-0.15, -0.1) is 0 Å². The summed E-state index contributed by atoms with van der Waals surface area (Å²) in [6, 6.07) is 0. The highest BCUT2D eigenvalue weighted by Gasteiger charge is 2.20. The lowest BCUT2D eigenvalue weighted by Crippen LogP contribution is -2.30. The van der Waals surface area contributed by atoms with Gasteiger partial charge in [-0.3, -0.25) is 14.4 Å². The van der Waals surface area contributed by atoms with Crippen molar-refractivity contribution in [2.45, 2.75) is 463 Å². The molecule has 0 aliphatic rings. The van der Waals surface area contributed by atoms with Crippen molar-refractivity contribution in [3.05, 3.63) is 0 Å². The van der Waals surface area contributed by atoms with Crippen molar-refractivity contribution >= 4 is 17.9 Å². The Kier molecular flexibility index (Phi) is 71.5. The number of hydrogen-bond donors (Lipinski definition) is 0. The van der Waals surface area contributed by atoms with Crippen molar-refractivity contribution in [2.75, 3.05) is 13.2 Å². The average molecular weight is 1170 g/mol. The number of ether oxygens (including phenoxy) is 3. The fourth-order valence-corrected chi connectivity index (χ4v) is 12.3. The number of unbranched alkanes of at least 4 members (excludes halogenated alkanes) is 62. The molecular weight excluding hydrogens is 1020 g/mol. The Balaban J connectivity index is 4.03. The number of rotatable bonds is 73. The topological polar surface area (TPSA) is 78.9 Å². The zero-order chi connectivity index (χ0) is 59.9. The van der Waals surface area contributed by atoms with Crippen LogP contribution in [0.15, 0.2) is 0 Å². The summed E-state index contributed by atoms with van der Waals surface area (Å²) in [6.45, 7) is 6.74. The highest BCUT2D eigenvalue weighted by molar-refractivity contribution is 5.71. The molecule has 0 radical (unpaired) electrons. The minimum absolute atomic E-state index is 0.0602. The Morgan fingerprint density at radius 1 is 0.193 bits per heavy atom. The van der Waals surface area contributed by atoms with E-state index in [-0.39, 0.29) is 31.1 Å². The molecule has 1 atom stereocenters. The third-order valence-corrected chi connectivity index (χ3v) is 18.1.